The van der Waals surface area contributed by atoms with Gasteiger partial charge in [-0.05, 0) is 34.9 Å². The molecule has 1 aliphatic rings. The second-order valence-corrected chi connectivity index (χ2v) is 6.75. The number of rotatable bonds is 5. The van der Waals surface area contributed by atoms with Gasteiger partial charge in [-0.3, -0.25) is 9.59 Å². The van der Waals surface area contributed by atoms with Gasteiger partial charge in [0.15, 0.2) is 0 Å². The van der Waals surface area contributed by atoms with Crippen LogP contribution in [0.25, 0.3) is 0 Å². The van der Waals surface area contributed by atoms with Crippen LogP contribution in [0.1, 0.15) is 29.2 Å². The summed E-state index contributed by atoms with van der Waals surface area (Å²) in [4.78, 5) is 24.2. The maximum absolute atomic E-state index is 12.4. The number of carbonyl (C=O) groups excluding carboxylic acids is 1. The zero-order valence-corrected chi connectivity index (χ0v) is 14.9. The van der Waals surface area contributed by atoms with E-state index >= 15 is 0 Å². The molecule has 136 valence electrons. The molecule has 0 radical (unpaired) electrons. The average molecular weight is 359 g/mol. The van der Waals surface area contributed by atoms with Crippen molar-refractivity contribution in [2.75, 3.05) is 5.32 Å². The summed E-state index contributed by atoms with van der Waals surface area (Å²) in [6, 6.07) is 21.0. The minimum Gasteiger partial charge on any atom is -0.326 e. The van der Waals surface area contributed by atoms with Gasteiger partial charge in [0, 0.05) is 37.0 Å². The lowest BCUT2D eigenvalue weighted by atomic mass is 10.0. The molecule has 1 aromatic heterocycles. The van der Waals surface area contributed by atoms with Crippen LogP contribution >= 0.6 is 0 Å². The van der Waals surface area contributed by atoms with E-state index in [1.54, 1.807) is 22.9 Å². The average Bonchev–Trinajstić information content (AvgIpc) is 3.08. The molecule has 1 atom stereocenters. The summed E-state index contributed by atoms with van der Waals surface area (Å²) < 4.78 is 1.65. The Labute approximate surface area is 157 Å². The number of pyridine rings is 1. The number of hydrogen-bond donors (Lipinski definition) is 2. The summed E-state index contributed by atoms with van der Waals surface area (Å²) in [7, 11) is 0. The van der Waals surface area contributed by atoms with Crippen LogP contribution in [0.2, 0.25) is 0 Å². The monoisotopic (exact) mass is 359 g/mol. The van der Waals surface area contributed by atoms with E-state index in [0.717, 1.165) is 17.8 Å². The Morgan fingerprint density at radius 2 is 1.81 bits per heavy atom. The van der Waals surface area contributed by atoms with E-state index in [9.17, 15) is 9.59 Å². The molecular weight excluding hydrogens is 338 g/mol. The predicted molar refractivity (Wildman–Crippen MR) is 106 cm³/mol. The largest absolute Gasteiger partial charge is 0.326 e. The van der Waals surface area contributed by atoms with Crippen molar-refractivity contribution in [3.63, 3.8) is 0 Å². The minimum absolute atomic E-state index is 0.0174. The summed E-state index contributed by atoms with van der Waals surface area (Å²) in [5.41, 5.74) is 4.20. The lowest BCUT2D eigenvalue weighted by Crippen LogP contribution is -2.21. The number of aromatic nitrogens is 1. The van der Waals surface area contributed by atoms with Gasteiger partial charge in [-0.1, -0.05) is 42.5 Å². The van der Waals surface area contributed by atoms with Crippen LogP contribution < -0.4 is 16.2 Å². The van der Waals surface area contributed by atoms with Gasteiger partial charge < -0.3 is 15.2 Å². The number of amides is 1. The molecule has 3 aromatic rings. The molecule has 0 spiro atoms. The van der Waals surface area contributed by atoms with Crippen molar-refractivity contribution >= 4 is 11.6 Å². The Kier molecular flexibility index (Phi) is 4.85. The molecule has 5 nitrogen and oxygen atoms in total. The van der Waals surface area contributed by atoms with E-state index in [4.69, 9.17) is 0 Å². The molecule has 1 unspecified atom stereocenters. The zero-order chi connectivity index (χ0) is 18.6. The number of anilines is 1. The molecule has 0 aliphatic carbocycles. The first-order valence-electron chi connectivity index (χ1n) is 9.04. The summed E-state index contributed by atoms with van der Waals surface area (Å²) in [5.74, 6) is -0.0174. The Balaban J connectivity index is 1.37. The molecule has 2 heterocycles. The molecule has 0 bridgehead atoms. The maximum Gasteiger partial charge on any atom is 0.250 e. The van der Waals surface area contributed by atoms with Crippen molar-refractivity contribution in [3.8, 4) is 0 Å². The van der Waals surface area contributed by atoms with Crippen LogP contribution in [-0.2, 0) is 17.9 Å². The van der Waals surface area contributed by atoms with E-state index < -0.39 is 0 Å². The van der Waals surface area contributed by atoms with Gasteiger partial charge in [0.25, 0.3) is 5.56 Å². The summed E-state index contributed by atoms with van der Waals surface area (Å²) >= 11 is 0. The smallest absolute Gasteiger partial charge is 0.250 e. The Morgan fingerprint density at radius 3 is 2.63 bits per heavy atom. The first kappa shape index (κ1) is 17.2. The highest BCUT2D eigenvalue weighted by Gasteiger charge is 2.23. The second kappa shape index (κ2) is 7.60. The van der Waals surface area contributed by atoms with E-state index in [1.807, 2.05) is 42.5 Å². The second-order valence-electron chi connectivity index (χ2n) is 6.75. The van der Waals surface area contributed by atoms with Gasteiger partial charge in [0.05, 0.1) is 6.54 Å². The summed E-state index contributed by atoms with van der Waals surface area (Å²) in [5, 5.41) is 6.34. The number of carbonyl (C=O) groups is 1. The Morgan fingerprint density at radius 1 is 1.04 bits per heavy atom. The normalized spacial score (nSPS) is 15.3. The van der Waals surface area contributed by atoms with Gasteiger partial charge in [-0.25, -0.2) is 0 Å². The fourth-order valence-electron chi connectivity index (χ4n) is 3.44. The molecule has 2 N–H and O–H groups in total. The van der Waals surface area contributed by atoms with Gasteiger partial charge >= 0.3 is 0 Å². The van der Waals surface area contributed by atoms with E-state index in [2.05, 4.69) is 22.8 Å². The van der Waals surface area contributed by atoms with Crippen molar-refractivity contribution in [1.29, 1.82) is 0 Å². The summed E-state index contributed by atoms with van der Waals surface area (Å²) in [6.45, 7) is 1.32. The fraction of sp³-hybridized carbons (Fsp3) is 0.182. The number of fused-ring (bicyclic) bond motifs is 1. The first-order chi connectivity index (χ1) is 13.2. The van der Waals surface area contributed by atoms with E-state index in [1.165, 1.54) is 11.1 Å². The molecule has 0 saturated heterocycles. The maximum atomic E-state index is 12.4. The molecule has 5 heteroatoms. The van der Waals surface area contributed by atoms with Crippen molar-refractivity contribution in [2.24, 2.45) is 0 Å². The molecule has 4 rings (SSSR count). The van der Waals surface area contributed by atoms with Crippen molar-refractivity contribution in [2.45, 2.75) is 25.6 Å². The number of nitrogens with one attached hydrogen (secondary N) is 2. The number of benzene rings is 2. The summed E-state index contributed by atoms with van der Waals surface area (Å²) in [6.07, 6.45) is 2.17. The van der Waals surface area contributed by atoms with Crippen molar-refractivity contribution in [1.82, 2.24) is 9.88 Å². The van der Waals surface area contributed by atoms with Crippen molar-refractivity contribution in [3.05, 3.63) is 100.0 Å². The van der Waals surface area contributed by atoms with Crippen LogP contribution in [0, 0.1) is 0 Å². The Hall–Kier alpha value is -3.18. The number of hydrogen-bond acceptors (Lipinski definition) is 3. The highest BCUT2D eigenvalue weighted by Crippen LogP contribution is 2.27. The van der Waals surface area contributed by atoms with Crippen molar-refractivity contribution < 1.29 is 4.79 Å². The Bertz CT molecular complexity index is 1010. The predicted octanol–water partition coefficient (Wildman–Crippen LogP) is 3.07. The molecule has 1 amide bonds. The van der Waals surface area contributed by atoms with E-state index in [0.29, 0.717) is 13.0 Å². The van der Waals surface area contributed by atoms with Crippen LogP contribution in [-0.4, -0.2) is 10.5 Å². The molecule has 2 aromatic carbocycles. The van der Waals surface area contributed by atoms with Crippen LogP contribution in [0.15, 0.2) is 77.7 Å². The molecule has 27 heavy (non-hydrogen) atoms. The molecule has 0 saturated carbocycles. The fourth-order valence-corrected chi connectivity index (χ4v) is 3.44. The van der Waals surface area contributed by atoms with Gasteiger partial charge in [-0.2, -0.15) is 0 Å². The highest BCUT2D eigenvalue weighted by atomic mass is 16.1. The number of nitrogens with zero attached hydrogens (tertiary/aromatic N) is 1. The van der Waals surface area contributed by atoms with Crippen LogP contribution in [0.4, 0.5) is 5.69 Å². The zero-order valence-electron chi connectivity index (χ0n) is 14.9. The molecule has 0 fully saturated rings. The quantitative estimate of drug-likeness (QED) is 0.736. The van der Waals surface area contributed by atoms with Crippen LogP contribution in [0.3, 0.4) is 0 Å². The highest BCUT2D eigenvalue weighted by molar-refractivity contribution is 5.91. The standard InChI is InChI=1S/C22H21N3O2/c26-21(13-20-19-6-2-1-5-17(19)14-23-20)24-18-10-8-16(9-11-18)15-25-12-4-3-7-22(25)27/h1-12,20,23H,13-15H2,(H,24,26). The third-order valence-corrected chi connectivity index (χ3v) is 4.85. The lowest BCUT2D eigenvalue weighted by molar-refractivity contribution is -0.116. The minimum atomic E-state index is -0.0285. The van der Waals surface area contributed by atoms with Crippen LogP contribution in [0.5, 0.6) is 0 Å². The first-order valence-corrected chi connectivity index (χ1v) is 9.04. The molecular formula is C22H21N3O2. The lowest BCUT2D eigenvalue weighted by Gasteiger charge is -2.13. The van der Waals surface area contributed by atoms with Gasteiger partial charge in [0.2, 0.25) is 5.91 Å². The van der Waals surface area contributed by atoms with Gasteiger partial charge in [-0.15, -0.1) is 0 Å². The molecule has 1 aliphatic heterocycles. The SMILES string of the molecule is O=C(CC1NCc2ccccc21)Nc1ccc(Cn2ccccc2=O)cc1. The van der Waals surface area contributed by atoms with E-state index in [-0.39, 0.29) is 17.5 Å². The van der Waals surface area contributed by atoms with Gasteiger partial charge in [0.1, 0.15) is 0 Å². The topological polar surface area (TPSA) is 63.1 Å². The third kappa shape index (κ3) is 3.99. The third-order valence-electron chi connectivity index (χ3n) is 4.85.